The second-order valence-electron chi connectivity index (χ2n) is 13.7. The van der Waals surface area contributed by atoms with Crippen molar-refractivity contribution in [1.82, 2.24) is 25.9 Å². The number of thiophene rings is 1. The Labute approximate surface area is 317 Å². The number of aromatic nitrogens is 2. The molecule has 0 saturated heterocycles. The van der Waals surface area contributed by atoms with Gasteiger partial charge in [0.1, 0.15) is 17.8 Å². The molecule has 4 N–H and O–H groups in total. The van der Waals surface area contributed by atoms with Crippen molar-refractivity contribution in [2.75, 3.05) is 13.7 Å². The van der Waals surface area contributed by atoms with Gasteiger partial charge >= 0.3 is 5.97 Å². The highest BCUT2D eigenvalue weighted by Crippen LogP contribution is 2.29. The van der Waals surface area contributed by atoms with Gasteiger partial charge in [-0.1, -0.05) is 90.3 Å². The second-order valence-corrected chi connectivity index (χ2v) is 14.8. The van der Waals surface area contributed by atoms with Crippen LogP contribution in [0, 0.1) is 0 Å². The van der Waals surface area contributed by atoms with Crippen molar-refractivity contribution >= 4 is 40.6 Å². The molecule has 2 atom stereocenters. The maximum atomic E-state index is 13.5. The molecular weight excluding hydrogens is 691 g/mol. The Morgan fingerprint density at radius 1 is 0.906 bits per heavy atom. The van der Waals surface area contributed by atoms with E-state index in [2.05, 4.69) is 39.4 Å². The molecule has 0 spiro atoms. The summed E-state index contributed by atoms with van der Waals surface area (Å²) in [6.45, 7) is 14.9. The monoisotopic (exact) mass is 743 g/mol. The average Bonchev–Trinajstić information content (AvgIpc) is 3.66. The number of hydrogen-bond acceptors (Lipinski definition) is 8. The zero-order valence-corrected chi connectivity index (χ0v) is 32.5. The molecule has 3 amide bonds. The lowest BCUT2D eigenvalue weighted by molar-refractivity contribution is -0.143. The number of ether oxygens (including phenoxy) is 1. The third-order valence-electron chi connectivity index (χ3n) is 8.43. The van der Waals surface area contributed by atoms with Crippen LogP contribution >= 0.6 is 11.3 Å². The fourth-order valence-electron chi connectivity index (χ4n) is 5.14. The number of allylic oxidation sites excluding steroid dienone is 4. The molecule has 0 fully saturated rings. The van der Waals surface area contributed by atoms with Gasteiger partial charge in [-0.3, -0.25) is 14.4 Å². The molecule has 3 rings (SSSR count). The summed E-state index contributed by atoms with van der Waals surface area (Å²) < 4.78 is 5.88. The molecule has 12 heteroatoms. The summed E-state index contributed by atoms with van der Waals surface area (Å²) in [7, 11) is 1.38. The average molecular weight is 744 g/mol. The standard InChI is InChI=1S/C41H53N5O6S/c1-8-10-11-12-13-22-52-31-18-16-29(17-19-31)30-25-43-37(44-26-30)27(3)14-15-28(9-2)23-32(38(48)46-33(40(50)51)24-36(47)42-7)45-39(49)34-20-21-35(53-34)41(4,5)6/h9,14-21,25-26,32-33H,3,8,10-13,22-24H2,1-2,4-7H3,(H,42,47)(H,45,49)(H,46,48)(H,50,51)/b15-14-,28-9+/t32-,33+/m0/s1. The van der Waals surface area contributed by atoms with Crippen LogP contribution < -0.4 is 20.7 Å². The van der Waals surface area contributed by atoms with E-state index < -0.39 is 42.2 Å². The number of benzene rings is 1. The van der Waals surface area contributed by atoms with E-state index in [0.717, 1.165) is 28.2 Å². The zero-order valence-electron chi connectivity index (χ0n) is 31.7. The molecule has 0 aliphatic heterocycles. The Morgan fingerprint density at radius 2 is 1.58 bits per heavy atom. The minimum atomic E-state index is -1.49. The highest BCUT2D eigenvalue weighted by Gasteiger charge is 2.29. The van der Waals surface area contributed by atoms with E-state index in [1.807, 2.05) is 51.1 Å². The molecule has 0 bridgehead atoms. The van der Waals surface area contributed by atoms with E-state index in [1.54, 1.807) is 43.6 Å². The topological polar surface area (TPSA) is 160 Å². The van der Waals surface area contributed by atoms with Gasteiger partial charge in [0, 0.05) is 41.9 Å². The lowest BCUT2D eigenvalue weighted by Crippen LogP contribution is -2.52. The van der Waals surface area contributed by atoms with Gasteiger partial charge in [-0.2, -0.15) is 0 Å². The van der Waals surface area contributed by atoms with Crippen molar-refractivity contribution < 1.29 is 29.0 Å². The summed E-state index contributed by atoms with van der Waals surface area (Å²) in [5, 5.41) is 17.2. The van der Waals surface area contributed by atoms with Crippen LogP contribution in [0.15, 0.2) is 79.2 Å². The lowest BCUT2D eigenvalue weighted by Gasteiger charge is -2.21. The van der Waals surface area contributed by atoms with Gasteiger partial charge < -0.3 is 25.8 Å². The minimum Gasteiger partial charge on any atom is -0.494 e. The first kappa shape index (κ1) is 42.3. The predicted octanol–water partition coefficient (Wildman–Crippen LogP) is 7.26. The molecule has 3 aromatic rings. The third-order valence-corrected chi connectivity index (χ3v) is 9.94. The van der Waals surface area contributed by atoms with Gasteiger partial charge in [0.25, 0.3) is 5.91 Å². The number of amides is 3. The third kappa shape index (κ3) is 13.8. The van der Waals surface area contributed by atoms with Crippen molar-refractivity contribution in [1.29, 1.82) is 0 Å². The number of nitrogens with one attached hydrogen (secondary N) is 3. The van der Waals surface area contributed by atoms with Crippen molar-refractivity contribution in [3.8, 4) is 16.9 Å². The Hall–Kier alpha value is -5.10. The molecule has 2 heterocycles. The SMILES string of the molecule is C=C(/C=C\C(=C/C)C[C@H](NC(=O)c1ccc(C(C)(C)C)s1)C(=O)N[C@H](CC(=O)NC)C(=O)O)c1ncc(-c2ccc(OCCCCCCC)cc2)cn1. The van der Waals surface area contributed by atoms with Crippen LogP contribution in [0.25, 0.3) is 16.7 Å². The van der Waals surface area contributed by atoms with Crippen LogP contribution in [0.1, 0.15) is 99.9 Å². The predicted molar refractivity (Wildman–Crippen MR) is 211 cm³/mol. The minimum absolute atomic E-state index is 0.0278. The van der Waals surface area contributed by atoms with Crippen LogP contribution in [0.5, 0.6) is 5.75 Å². The molecule has 53 heavy (non-hydrogen) atoms. The van der Waals surface area contributed by atoms with Crippen LogP contribution in [0.4, 0.5) is 0 Å². The normalized spacial score (nSPS) is 12.9. The van der Waals surface area contributed by atoms with Gasteiger partial charge in [0.05, 0.1) is 17.9 Å². The Balaban J connectivity index is 1.71. The Bertz CT molecular complexity index is 1760. The quantitative estimate of drug-likeness (QED) is 0.0695. The van der Waals surface area contributed by atoms with Crippen molar-refractivity contribution in [2.45, 2.75) is 97.1 Å². The van der Waals surface area contributed by atoms with Crippen LogP contribution in [-0.4, -0.2) is 64.5 Å². The van der Waals surface area contributed by atoms with Crippen LogP contribution in [-0.2, 0) is 19.8 Å². The Morgan fingerprint density at radius 3 is 2.17 bits per heavy atom. The number of nitrogens with zero attached hydrogens (tertiary/aromatic N) is 2. The molecule has 284 valence electrons. The first-order valence-electron chi connectivity index (χ1n) is 18.0. The van der Waals surface area contributed by atoms with Gasteiger partial charge in [-0.15, -0.1) is 11.3 Å². The highest BCUT2D eigenvalue weighted by molar-refractivity contribution is 7.14. The number of aliphatic carboxylic acids is 1. The molecule has 0 radical (unpaired) electrons. The number of carboxylic acids is 1. The maximum absolute atomic E-state index is 13.5. The molecule has 0 saturated carbocycles. The first-order valence-corrected chi connectivity index (χ1v) is 18.8. The fraction of sp³-hybridized carbons (Fsp3) is 0.415. The maximum Gasteiger partial charge on any atom is 0.326 e. The molecule has 2 aromatic heterocycles. The molecule has 1 aromatic carbocycles. The van der Waals surface area contributed by atoms with E-state index in [0.29, 0.717) is 28.5 Å². The summed E-state index contributed by atoms with van der Waals surface area (Å²) in [5.41, 5.74) is 2.80. The smallest absolute Gasteiger partial charge is 0.326 e. The molecule has 0 aliphatic carbocycles. The summed E-state index contributed by atoms with van der Waals surface area (Å²) in [5.74, 6) is -1.90. The van der Waals surface area contributed by atoms with E-state index in [9.17, 15) is 24.3 Å². The van der Waals surface area contributed by atoms with E-state index in [1.165, 1.54) is 44.1 Å². The van der Waals surface area contributed by atoms with Gasteiger partial charge in [0.15, 0.2) is 5.82 Å². The number of hydrogen-bond donors (Lipinski definition) is 4. The summed E-state index contributed by atoms with van der Waals surface area (Å²) in [6.07, 6.45) is 14.2. The van der Waals surface area contributed by atoms with Gasteiger partial charge in [-0.05, 0) is 54.2 Å². The van der Waals surface area contributed by atoms with Crippen molar-refractivity contribution in [2.24, 2.45) is 0 Å². The molecule has 0 unspecified atom stereocenters. The van der Waals surface area contributed by atoms with Crippen molar-refractivity contribution in [3.05, 3.63) is 94.8 Å². The highest BCUT2D eigenvalue weighted by atomic mass is 32.1. The van der Waals surface area contributed by atoms with Crippen LogP contribution in [0.3, 0.4) is 0 Å². The van der Waals surface area contributed by atoms with Gasteiger partial charge in [0.2, 0.25) is 11.8 Å². The number of rotatable bonds is 20. The molecular formula is C41H53N5O6S. The first-order chi connectivity index (χ1) is 25.2. The summed E-state index contributed by atoms with van der Waals surface area (Å²) >= 11 is 1.32. The lowest BCUT2D eigenvalue weighted by atomic mass is 9.95. The molecule has 11 nitrogen and oxygen atoms in total. The summed E-state index contributed by atoms with van der Waals surface area (Å²) in [6, 6.07) is 8.77. The fourth-order valence-corrected chi connectivity index (χ4v) is 6.11. The largest absolute Gasteiger partial charge is 0.494 e. The zero-order chi connectivity index (χ0) is 39.0. The van der Waals surface area contributed by atoms with Crippen LogP contribution in [0.2, 0.25) is 0 Å². The molecule has 0 aliphatic rings. The number of unbranched alkanes of at least 4 members (excludes halogenated alkanes) is 4. The second kappa shape index (κ2) is 20.8. The number of carboxylic acid groups (broad SMARTS) is 1. The Kier molecular flexibility index (Phi) is 16.6. The van der Waals surface area contributed by atoms with Gasteiger partial charge in [-0.25, -0.2) is 14.8 Å². The van der Waals surface area contributed by atoms with Crippen molar-refractivity contribution in [3.63, 3.8) is 0 Å². The number of carbonyl (C=O) groups is 4. The van der Waals surface area contributed by atoms with E-state index in [4.69, 9.17) is 4.74 Å². The summed E-state index contributed by atoms with van der Waals surface area (Å²) in [4.78, 5) is 61.1. The van der Waals surface area contributed by atoms with E-state index in [-0.39, 0.29) is 11.8 Å². The number of carbonyl (C=O) groups excluding carboxylic acids is 3. The van der Waals surface area contributed by atoms with E-state index >= 15 is 0 Å².